The number of amides is 1. The van der Waals surface area contributed by atoms with Crippen LogP contribution in [0, 0.1) is 0 Å². The summed E-state index contributed by atoms with van der Waals surface area (Å²) >= 11 is 6.17. The summed E-state index contributed by atoms with van der Waals surface area (Å²) in [6, 6.07) is 5.40. The first-order chi connectivity index (χ1) is 12.0. The molecule has 0 saturated carbocycles. The SMILES string of the molecule is CCCOc1ccc(/C=C2/SC(=S)N(CC(=O)O)C2=O)cc1OCC. The van der Waals surface area contributed by atoms with Gasteiger partial charge in [-0.3, -0.25) is 14.5 Å². The Morgan fingerprint density at radius 3 is 2.72 bits per heavy atom. The van der Waals surface area contributed by atoms with Gasteiger partial charge < -0.3 is 14.6 Å². The molecule has 1 N–H and O–H groups in total. The van der Waals surface area contributed by atoms with Gasteiger partial charge in [-0.25, -0.2) is 0 Å². The van der Waals surface area contributed by atoms with E-state index in [0.29, 0.717) is 29.6 Å². The van der Waals surface area contributed by atoms with Crippen LogP contribution in [-0.2, 0) is 9.59 Å². The number of nitrogens with zero attached hydrogens (tertiary/aromatic N) is 1. The Morgan fingerprint density at radius 2 is 2.08 bits per heavy atom. The second kappa shape index (κ2) is 8.87. The molecule has 1 aliphatic heterocycles. The molecule has 1 heterocycles. The first-order valence-corrected chi connectivity index (χ1v) is 9.05. The Kier molecular flexibility index (Phi) is 6.83. The highest BCUT2D eigenvalue weighted by atomic mass is 32.2. The van der Waals surface area contributed by atoms with Gasteiger partial charge in [-0.1, -0.05) is 37.0 Å². The summed E-state index contributed by atoms with van der Waals surface area (Å²) in [7, 11) is 0. The molecule has 0 bridgehead atoms. The molecule has 1 aliphatic rings. The van der Waals surface area contributed by atoms with E-state index < -0.39 is 18.4 Å². The highest BCUT2D eigenvalue weighted by Crippen LogP contribution is 2.34. The van der Waals surface area contributed by atoms with Crippen molar-refractivity contribution >= 4 is 46.3 Å². The van der Waals surface area contributed by atoms with Crippen LogP contribution < -0.4 is 9.47 Å². The van der Waals surface area contributed by atoms with Gasteiger partial charge >= 0.3 is 5.97 Å². The Labute approximate surface area is 155 Å². The van der Waals surface area contributed by atoms with Gasteiger partial charge in [0.2, 0.25) is 0 Å². The zero-order valence-electron chi connectivity index (χ0n) is 14.0. The first-order valence-electron chi connectivity index (χ1n) is 7.83. The molecule has 0 aromatic heterocycles. The molecule has 1 fully saturated rings. The van der Waals surface area contributed by atoms with Crippen LogP contribution in [-0.4, -0.2) is 46.0 Å². The molecule has 0 radical (unpaired) electrons. The number of carbonyl (C=O) groups excluding carboxylic acids is 1. The molecule has 25 heavy (non-hydrogen) atoms. The third-order valence-electron chi connectivity index (χ3n) is 3.19. The number of thiocarbonyl (C=S) groups is 1. The quantitative estimate of drug-likeness (QED) is 0.547. The van der Waals surface area contributed by atoms with E-state index in [9.17, 15) is 9.59 Å². The summed E-state index contributed by atoms with van der Waals surface area (Å²) in [4.78, 5) is 24.6. The molecule has 0 atom stereocenters. The van der Waals surface area contributed by atoms with Crippen LogP contribution in [0.1, 0.15) is 25.8 Å². The smallest absolute Gasteiger partial charge is 0.323 e. The molecule has 0 unspecified atom stereocenters. The Balaban J connectivity index is 2.25. The fourth-order valence-corrected chi connectivity index (χ4v) is 3.39. The topological polar surface area (TPSA) is 76.1 Å². The van der Waals surface area contributed by atoms with Crippen LogP contribution in [0.5, 0.6) is 11.5 Å². The van der Waals surface area contributed by atoms with E-state index in [1.807, 2.05) is 19.9 Å². The summed E-state index contributed by atoms with van der Waals surface area (Å²) in [6.07, 6.45) is 2.56. The average Bonchev–Trinajstić information content (AvgIpc) is 2.81. The van der Waals surface area contributed by atoms with Crippen molar-refractivity contribution in [1.29, 1.82) is 0 Å². The van der Waals surface area contributed by atoms with Gasteiger partial charge in [0.05, 0.1) is 18.1 Å². The molecule has 134 valence electrons. The minimum Gasteiger partial charge on any atom is -0.490 e. The maximum absolute atomic E-state index is 12.3. The van der Waals surface area contributed by atoms with E-state index in [-0.39, 0.29) is 4.32 Å². The van der Waals surface area contributed by atoms with Crippen molar-refractivity contribution in [2.24, 2.45) is 0 Å². The molecule has 1 saturated heterocycles. The molecule has 1 amide bonds. The minimum absolute atomic E-state index is 0.242. The summed E-state index contributed by atoms with van der Waals surface area (Å²) in [5.74, 6) is -0.250. The number of rotatable bonds is 8. The first kappa shape index (κ1) is 19.3. The number of benzene rings is 1. The van der Waals surface area contributed by atoms with Crippen LogP contribution in [0.2, 0.25) is 0 Å². The van der Waals surface area contributed by atoms with E-state index in [1.165, 1.54) is 0 Å². The lowest BCUT2D eigenvalue weighted by atomic mass is 10.2. The number of hydrogen-bond donors (Lipinski definition) is 1. The maximum atomic E-state index is 12.3. The highest BCUT2D eigenvalue weighted by molar-refractivity contribution is 8.26. The maximum Gasteiger partial charge on any atom is 0.323 e. The number of aliphatic carboxylic acids is 1. The standard InChI is InChI=1S/C17H19NO5S2/c1-3-7-23-12-6-5-11(8-13(12)22-4-2)9-14-16(21)18(10-15(19)20)17(24)25-14/h5-6,8-9H,3-4,7,10H2,1-2H3,(H,19,20)/b14-9+. The van der Waals surface area contributed by atoms with Gasteiger partial charge in [0, 0.05) is 0 Å². The molecule has 2 rings (SSSR count). The van der Waals surface area contributed by atoms with Gasteiger partial charge in [0.1, 0.15) is 10.9 Å². The molecule has 6 nitrogen and oxygen atoms in total. The van der Waals surface area contributed by atoms with E-state index in [4.69, 9.17) is 26.8 Å². The van der Waals surface area contributed by atoms with Gasteiger partial charge in [0.15, 0.2) is 11.5 Å². The van der Waals surface area contributed by atoms with Crippen molar-refractivity contribution in [3.63, 3.8) is 0 Å². The number of hydrogen-bond acceptors (Lipinski definition) is 6. The highest BCUT2D eigenvalue weighted by Gasteiger charge is 2.33. The fraction of sp³-hybridized carbons (Fsp3) is 0.353. The number of carboxylic acids is 1. The van der Waals surface area contributed by atoms with Gasteiger partial charge in [0.25, 0.3) is 5.91 Å². The third-order valence-corrected chi connectivity index (χ3v) is 4.57. The monoisotopic (exact) mass is 381 g/mol. The predicted octanol–water partition coefficient (Wildman–Crippen LogP) is 3.16. The Hall–Kier alpha value is -2.06. The second-order valence-electron chi connectivity index (χ2n) is 5.15. The predicted molar refractivity (Wildman–Crippen MR) is 101 cm³/mol. The lowest BCUT2D eigenvalue weighted by Crippen LogP contribution is -2.33. The summed E-state index contributed by atoms with van der Waals surface area (Å²) < 4.78 is 11.5. The van der Waals surface area contributed by atoms with E-state index in [1.54, 1.807) is 18.2 Å². The number of carboxylic acid groups (broad SMARTS) is 1. The van der Waals surface area contributed by atoms with Gasteiger partial charge in [-0.05, 0) is 37.1 Å². The van der Waals surface area contributed by atoms with Crippen molar-refractivity contribution in [3.05, 3.63) is 28.7 Å². The lowest BCUT2D eigenvalue weighted by Gasteiger charge is -2.12. The number of thioether (sulfide) groups is 1. The fourth-order valence-electron chi connectivity index (χ4n) is 2.14. The van der Waals surface area contributed by atoms with Crippen molar-refractivity contribution in [2.45, 2.75) is 20.3 Å². The number of carbonyl (C=O) groups is 2. The molecular formula is C17H19NO5S2. The van der Waals surface area contributed by atoms with Crippen molar-refractivity contribution < 1.29 is 24.2 Å². The van der Waals surface area contributed by atoms with Crippen LogP contribution in [0.25, 0.3) is 6.08 Å². The van der Waals surface area contributed by atoms with Crippen molar-refractivity contribution in [3.8, 4) is 11.5 Å². The number of ether oxygens (including phenoxy) is 2. The van der Waals surface area contributed by atoms with Crippen LogP contribution in [0.4, 0.5) is 0 Å². The normalized spacial score (nSPS) is 15.8. The zero-order chi connectivity index (χ0) is 18.4. The molecule has 0 aliphatic carbocycles. The van der Waals surface area contributed by atoms with Crippen LogP contribution in [0.15, 0.2) is 23.1 Å². The van der Waals surface area contributed by atoms with Crippen LogP contribution in [0.3, 0.4) is 0 Å². The minimum atomic E-state index is -1.10. The van der Waals surface area contributed by atoms with E-state index in [2.05, 4.69) is 0 Å². The Bertz CT molecular complexity index is 717. The van der Waals surface area contributed by atoms with Crippen LogP contribution >= 0.6 is 24.0 Å². The van der Waals surface area contributed by atoms with Gasteiger partial charge in [-0.15, -0.1) is 0 Å². The molecule has 1 aromatic rings. The Morgan fingerprint density at radius 1 is 1.32 bits per heavy atom. The van der Waals surface area contributed by atoms with Gasteiger partial charge in [-0.2, -0.15) is 0 Å². The largest absolute Gasteiger partial charge is 0.490 e. The summed E-state index contributed by atoms with van der Waals surface area (Å²) in [5.41, 5.74) is 0.753. The van der Waals surface area contributed by atoms with E-state index >= 15 is 0 Å². The average molecular weight is 381 g/mol. The molecule has 8 heteroatoms. The summed E-state index contributed by atoms with van der Waals surface area (Å²) in [5, 5.41) is 8.87. The zero-order valence-corrected chi connectivity index (χ0v) is 15.6. The second-order valence-corrected chi connectivity index (χ2v) is 6.83. The molecule has 0 spiro atoms. The van der Waals surface area contributed by atoms with Crippen molar-refractivity contribution in [2.75, 3.05) is 19.8 Å². The van der Waals surface area contributed by atoms with E-state index in [0.717, 1.165) is 28.6 Å². The third kappa shape index (κ3) is 4.96. The van der Waals surface area contributed by atoms with Crippen molar-refractivity contribution in [1.82, 2.24) is 4.90 Å². The summed E-state index contributed by atoms with van der Waals surface area (Å²) in [6.45, 7) is 4.55. The lowest BCUT2D eigenvalue weighted by molar-refractivity contribution is -0.140. The molecular weight excluding hydrogens is 362 g/mol. The molecule has 1 aromatic carbocycles.